The van der Waals surface area contributed by atoms with E-state index in [0.29, 0.717) is 23.7 Å². The molecule has 1 fully saturated rings. The highest BCUT2D eigenvalue weighted by atomic mass is 16.2. The fourth-order valence-electron chi connectivity index (χ4n) is 2.79. The van der Waals surface area contributed by atoms with Crippen LogP contribution in [0.15, 0.2) is 54.6 Å². The average Bonchev–Trinajstić information content (AvgIpc) is 3.53. The van der Waals surface area contributed by atoms with E-state index in [4.69, 9.17) is 0 Å². The zero-order chi connectivity index (χ0) is 19.9. The van der Waals surface area contributed by atoms with E-state index in [0.717, 1.165) is 18.4 Å². The van der Waals surface area contributed by atoms with Crippen molar-refractivity contribution in [3.8, 4) is 0 Å². The monoisotopic (exact) mass is 379 g/mol. The topological polar surface area (TPSA) is 78.5 Å². The summed E-state index contributed by atoms with van der Waals surface area (Å²) >= 11 is 0. The minimum absolute atomic E-state index is 0.0485. The molecule has 0 heterocycles. The van der Waals surface area contributed by atoms with E-state index in [1.54, 1.807) is 48.3 Å². The molecule has 0 radical (unpaired) electrons. The molecular weight excluding hydrogens is 354 g/mol. The summed E-state index contributed by atoms with van der Waals surface area (Å²) in [5.41, 5.74) is 2.16. The average molecular weight is 379 g/mol. The second-order valence-corrected chi connectivity index (χ2v) is 7.07. The Morgan fingerprint density at radius 3 is 2.21 bits per heavy atom. The molecule has 0 unspecified atom stereocenters. The Kier molecular flexibility index (Phi) is 6.42. The van der Waals surface area contributed by atoms with Gasteiger partial charge in [-0.05, 0) is 42.7 Å². The lowest BCUT2D eigenvalue weighted by Gasteiger charge is -2.17. The molecule has 0 spiro atoms. The minimum Gasteiger partial charge on any atom is -0.352 e. The van der Waals surface area contributed by atoms with Crippen molar-refractivity contribution in [2.75, 3.05) is 13.6 Å². The van der Waals surface area contributed by atoms with Gasteiger partial charge in [0.2, 0.25) is 5.91 Å². The molecule has 3 amide bonds. The van der Waals surface area contributed by atoms with Gasteiger partial charge in [0.1, 0.15) is 0 Å². The molecule has 3 rings (SSSR count). The van der Waals surface area contributed by atoms with Crippen molar-refractivity contribution in [3.63, 3.8) is 0 Å². The Labute approximate surface area is 164 Å². The second-order valence-electron chi connectivity index (χ2n) is 7.07. The largest absolute Gasteiger partial charge is 0.352 e. The Morgan fingerprint density at radius 1 is 0.929 bits per heavy atom. The summed E-state index contributed by atoms with van der Waals surface area (Å²) in [5.74, 6) is -0.285. The van der Waals surface area contributed by atoms with Crippen molar-refractivity contribution >= 4 is 17.7 Å². The van der Waals surface area contributed by atoms with Gasteiger partial charge in [0.25, 0.3) is 11.8 Å². The summed E-state index contributed by atoms with van der Waals surface area (Å²) in [7, 11) is 1.73. The lowest BCUT2D eigenvalue weighted by molar-refractivity contribution is -0.130. The zero-order valence-electron chi connectivity index (χ0n) is 16.0. The van der Waals surface area contributed by atoms with Crippen molar-refractivity contribution in [3.05, 3.63) is 71.3 Å². The van der Waals surface area contributed by atoms with E-state index in [1.165, 1.54) is 0 Å². The smallest absolute Gasteiger partial charge is 0.251 e. The maximum atomic E-state index is 12.3. The van der Waals surface area contributed by atoms with E-state index < -0.39 is 0 Å². The van der Waals surface area contributed by atoms with Crippen LogP contribution in [-0.4, -0.2) is 42.3 Å². The third kappa shape index (κ3) is 5.67. The molecular formula is C22H25N3O3. The van der Waals surface area contributed by atoms with Crippen molar-refractivity contribution in [1.82, 2.24) is 15.5 Å². The summed E-state index contributed by atoms with van der Waals surface area (Å²) in [4.78, 5) is 37.9. The molecule has 0 saturated heterocycles. The van der Waals surface area contributed by atoms with E-state index >= 15 is 0 Å². The highest BCUT2D eigenvalue weighted by Gasteiger charge is 2.23. The minimum atomic E-state index is -0.184. The number of hydrogen-bond donors (Lipinski definition) is 2. The molecule has 1 saturated carbocycles. The normalized spacial score (nSPS) is 12.9. The molecule has 146 valence electrons. The predicted molar refractivity (Wildman–Crippen MR) is 107 cm³/mol. The third-order valence-corrected chi connectivity index (χ3v) is 4.63. The van der Waals surface area contributed by atoms with E-state index in [9.17, 15) is 14.4 Å². The molecule has 2 aromatic carbocycles. The van der Waals surface area contributed by atoms with Gasteiger partial charge in [-0.25, -0.2) is 0 Å². The molecule has 6 nitrogen and oxygen atoms in total. The van der Waals surface area contributed by atoms with Crippen LogP contribution in [0, 0.1) is 0 Å². The second kappa shape index (κ2) is 9.17. The maximum Gasteiger partial charge on any atom is 0.251 e. The number of benzene rings is 2. The Balaban J connectivity index is 1.42. The van der Waals surface area contributed by atoms with Gasteiger partial charge in [0, 0.05) is 43.7 Å². The number of amides is 3. The first kappa shape index (κ1) is 19.6. The molecule has 2 aromatic rings. The van der Waals surface area contributed by atoms with Gasteiger partial charge in [-0.15, -0.1) is 0 Å². The van der Waals surface area contributed by atoms with Gasteiger partial charge in [0.15, 0.2) is 0 Å². The van der Waals surface area contributed by atoms with Gasteiger partial charge in [0.05, 0.1) is 0 Å². The Morgan fingerprint density at radius 2 is 1.57 bits per heavy atom. The van der Waals surface area contributed by atoms with Crippen molar-refractivity contribution in [2.45, 2.75) is 31.8 Å². The van der Waals surface area contributed by atoms with Crippen LogP contribution in [0.5, 0.6) is 0 Å². The van der Waals surface area contributed by atoms with Crippen molar-refractivity contribution in [1.29, 1.82) is 0 Å². The van der Waals surface area contributed by atoms with E-state index in [1.807, 2.05) is 18.2 Å². The number of carbonyl (C=O) groups excluding carboxylic acids is 3. The van der Waals surface area contributed by atoms with Crippen molar-refractivity contribution in [2.24, 2.45) is 0 Å². The lowest BCUT2D eigenvalue weighted by atomic mass is 10.1. The summed E-state index contributed by atoms with van der Waals surface area (Å²) in [6, 6.07) is 16.5. The Bertz CT molecular complexity index is 830. The van der Waals surface area contributed by atoms with Crippen LogP contribution in [0.3, 0.4) is 0 Å². The number of nitrogens with zero attached hydrogens (tertiary/aromatic N) is 1. The fraction of sp³-hybridized carbons (Fsp3) is 0.318. The highest BCUT2D eigenvalue weighted by Crippen LogP contribution is 2.19. The van der Waals surface area contributed by atoms with Crippen LogP contribution in [0.2, 0.25) is 0 Å². The van der Waals surface area contributed by atoms with E-state index in [-0.39, 0.29) is 30.7 Å². The van der Waals surface area contributed by atoms with Crippen LogP contribution >= 0.6 is 0 Å². The summed E-state index contributed by atoms with van der Waals surface area (Å²) < 4.78 is 0. The fourth-order valence-corrected chi connectivity index (χ4v) is 2.79. The molecule has 2 N–H and O–H groups in total. The highest BCUT2D eigenvalue weighted by molar-refractivity contribution is 5.95. The van der Waals surface area contributed by atoms with E-state index in [2.05, 4.69) is 10.6 Å². The first-order chi connectivity index (χ1) is 13.5. The van der Waals surface area contributed by atoms with Crippen LogP contribution in [0.1, 0.15) is 45.5 Å². The van der Waals surface area contributed by atoms with Gasteiger partial charge in [-0.2, -0.15) is 0 Å². The quantitative estimate of drug-likeness (QED) is 0.739. The summed E-state index contributed by atoms with van der Waals surface area (Å²) in [6.07, 6.45) is 2.35. The number of rotatable bonds is 8. The van der Waals surface area contributed by atoms with Crippen LogP contribution < -0.4 is 10.6 Å². The number of hydrogen-bond acceptors (Lipinski definition) is 3. The summed E-state index contributed by atoms with van der Waals surface area (Å²) in [5, 5.41) is 5.71. The number of carbonyl (C=O) groups is 3. The first-order valence-electron chi connectivity index (χ1n) is 9.50. The molecule has 6 heteroatoms. The zero-order valence-corrected chi connectivity index (χ0v) is 16.0. The van der Waals surface area contributed by atoms with Gasteiger partial charge >= 0.3 is 0 Å². The SMILES string of the molecule is CN(Cc1ccc(C(=O)NC2CC2)cc1)C(=O)CCNC(=O)c1ccccc1. The summed E-state index contributed by atoms with van der Waals surface area (Å²) in [6.45, 7) is 0.743. The van der Waals surface area contributed by atoms with Crippen molar-refractivity contribution < 1.29 is 14.4 Å². The van der Waals surface area contributed by atoms with Gasteiger partial charge in [-0.1, -0.05) is 30.3 Å². The van der Waals surface area contributed by atoms with Crippen LogP contribution in [0.4, 0.5) is 0 Å². The molecule has 0 aromatic heterocycles. The van der Waals surface area contributed by atoms with Gasteiger partial charge in [-0.3, -0.25) is 14.4 Å². The Hall–Kier alpha value is -3.15. The standard InChI is InChI=1S/C22H25N3O3/c1-25(20(26)13-14-23-21(27)17-5-3-2-4-6-17)15-16-7-9-18(10-8-16)22(28)24-19-11-12-19/h2-10,19H,11-15H2,1H3,(H,23,27)(H,24,28). The molecule has 28 heavy (non-hydrogen) atoms. The molecule has 1 aliphatic rings. The molecule has 0 atom stereocenters. The van der Waals surface area contributed by atoms with Crippen LogP contribution in [-0.2, 0) is 11.3 Å². The predicted octanol–water partition coefficient (Wildman–Crippen LogP) is 2.36. The van der Waals surface area contributed by atoms with Gasteiger partial charge < -0.3 is 15.5 Å². The number of nitrogens with one attached hydrogen (secondary N) is 2. The molecule has 1 aliphatic carbocycles. The third-order valence-electron chi connectivity index (χ3n) is 4.63. The van der Waals surface area contributed by atoms with Crippen LogP contribution in [0.25, 0.3) is 0 Å². The first-order valence-corrected chi connectivity index (χ1v) is 9.50. The lowest BCUT2D eigenvalue weighted by Crippen LogP contribution is -2.31. The molecule has 0 aliphatic heterocycles. The maximum absolute atomic E-state index is 12.3. The molecule has 0 bridgehead atoms.